The zero-order chi connectivity index (χ0) is 6.57. The fourth-order valence-corrected chi connectivity index (χ4v) is 0.343. The van der Waals surface area contributed by atoms with Crippen molar-refractivity contribution in [2.75, 3.05) is 0 Å². The minimum absolute atomic E-state index is 0.0694. The van der Waals surface area contributed by atoms with Gasteiger partial charge in [0.15, 0.2) is 0 Å². The van der Waals surface area contributed by atoms with Crippen LogP contribution in [0.4, 0.5) is 0 Å². The van der Waals surface area contributed by atoms with Crippen LogP contribution in [0.25, 0.3) is 0 Å². The van der Waals surface area contributed by atoms with E-state index in [1.54, 1.807) is 6.92 Å². The summed E-state index contributed by atoms with van der Waals surface area (Å²) in [5.41, 5.74) is 5.56. The van der Waals surface area contributed by atoms with Crippen molar-refractivity contribution >= 4 is 12.6 Å². The van der Waals surface area contributed by atoms with Crippen molar-refractivity contribution in [3.63, 3.8) is 0 Å². The molecule has 0 atom stereocenters. The van der Waals surface area contributed by atoms with Crippen molar-refractivity contribution in [1.29, 1.82) is 0 Å². The zero-order valence-corrected chi connectivity index (χ0v) is 5.52. The second-order valence-corrected chi connectivity index (χ2v) is 1.68. The molecule has 0 aliphatic rings. The highest BCUT2D eigenvalue weighted by atomic mass is 32.1. The summed E-state index contributed by atoms with van der Waals surface area (Å²) >= 11 is 3.72. The van der Waals surface area contributed by atoms with Crippen LogP contribution in [0.5, 0.6) is 0 Å². The molecule has 0 rings (SSSR count). The van der Waals surface area contributed by atoms with Crippen LogP contribution in [-0.2, 0) is 0 Å². The van der Waals surface area contributed by atoms with Gasteiger partial charge in [-0.25, -0.2) is 0 Å². The van der Waals surface area contributed by atoms with E-state index in [-0.39, 0.29) is 5.76 Å². The fraction of sp³-hybridized carbons (Fsp3) is 0.200. The molecule has 0 saturated carbocycles. The second kappa shape index (κ2) is 3.43. The Bertz CT molecular complexity index is 124. The lowest BCUT2D eigenvalue weighted by Crippen LogP contribution is -1.94. The van der Waals surface area contributed by atoms with Gasteiger partial charge in [-0.05, 0) is 18.4 Å². The molecule has 0 aromatic rings. The van der Waals surface area contributed by atoms with E-state index in [0.29, 0.717) is 5.70 Å². The third-order valence-corrected chi connectivity index (χ3v) is 0.785. The van der Waals surface area contributed by atoms with Crippen LogP contribution in [0.15, 0.2) is 22.9 Å². The maximum absolute atomic E-state index is 8.75. The molecule has 2 nitrogen and oxygen atoms in total. The highest BCUT2D eigenvalue weighted by Crippen LogP contribution is 1.94. The number of hydrogen-bond donors (Lipinski definition) is 3. The topological polar surface area (TPSA) is 46.2 Å². The van der Waals surface area contributed by atoms with Gasteiger partial charge in [-0.2, -0.15) is 12.6 Å². The number of thiol groups is 1. The molecule has 0 aromatic heterocycles. The summed E-state index contributed by atoms with van der Waals surface area (Å²) in [6, 6.07) is 0. The molecule has 0 saturated heterocycles. The minimum atomic E-state index is 0.0694. The summed E-state index contributed by atoms with van der Waals surface area (Å²) in [5, 5.41) is 10.2. The molecular weight excluding hydrogens is 122 g/mol. The van der Waals surface area contributed by atoms with Crippen molar-refractivity contribution in [3.05, 3.63) is 22.9 Å². The zero-order valence-electron chi connectivity index (χ0n) is 4.63. The quantitative estimate of drug-likeness (QED) is 0.284. The normalized spacial score (nSPS) is 14.2. The van der Waals surface area contributed by atoms with Crippen LogP contribution in [-0.4, -0.2) is 5.11 Å². The van der Waals surface area contributed by atoms with E-state index in [1.807, 2.05) is 0 Å². The Morgan fingerprint density at radius 3 is 2.38 bits per heavy atom. The number of aliphatic hydroxyl groups excluding tert-OH is 1. The van der Waals surface area contributed by atoms with Gasteiger partial charge < -0.3 is 10.8 Å². The van der Waals surface area contributed by atoms with E-state index >= 15 is 0 Å². The molecule has 3 heteroatoms. The lowest BCUT2D eigenvalue weighted by Gasteiger charge is -1.90. The van der Waals surface area contributed by atoms with Gasteiger partial charge in [-0.3, -0.25) is 0 Å². The van der Waals surface area contributed by atoms with E-state index in [1.165, 1.54) is 11.5 Å². The largest absolute Gasteiger partial charge is 0.506 e. The molecule has 0 bridgehead atoms. The lowest BCUT2D eigenvalue weighted by atomic mass is 10.4. The number of rotatable bonds is 1. The monoisotopic (exact) mass is 131 g/mol. The Morgan fingerprint density at radius 1 is 1.75 bits per heavy atom. The van der Waals surface area contributed by atoms with E-state index in [9.17, 15) is 0 Å². The molecule has 0 aliphatic heterocycles. The smallest absolute Gasteiger partial charge is 0.134 e. The van der Waals surface area contributed by atoms with Crippen LogP contribution >= 0.6 is 12.6 Å². The molecule has 0 heterocycles. The summed E-state index contributed by atoms with van der Waals surface area (Å²) in [7, 11) is 0. The van der Waals surface area contributed by atoms with Gasteiger partial charge in [0, 0.05) is 5.70 Å². The number of aliphatic hydroxyl groups is 1. The number of nitrogens with two attached hydrogens (primary N) is 1. The van der Waals surface area contributed by atoms with Crippen LogP contribution in [0.2, 0.25) is 0 Å². The molecule has 0 spiro atoms. The Labute approximate surface area is 54.1 Å². The van der Waals surface area contributed by atoms with Crippen molar-refractivity contribution in [2.24, 2.45) is 5.73 Å². The lowest BCUT2D eigenvalue weighted by molar-refractivity contribution is 0.425. The fourth-order valence-electron chi connectivity index (χ4n) is 0.202. The average Bonchev–Trinajstić information content (AvgIpc) is 1.67. The SMILES string of the molecule is C/C(N)=C(O)\C=C\S. The van der Waals surface area contributed by atoms with Crippen molar-refractivity contribution in [1.82, 2.24) is 0 Å². The third-order valence-electron chi connectivity index (χ3n) is 0.636. The number of hydrogen-bond acceptors (Lipinski definition) is 3. The summed E-state index contributed by atoms with van der Waals surface area (Å²) in [6.07, 6.45) is 1.42. The molecular formula is C5H9NOS. The first-order valence-corrected chi connectivity index (χ1v) is 2.66. The number of allylic oxidation sites excluding steroid dienone is 2. The molecule has 0 radical (unpaired) electrons. The summed E-state index contributed by atoms with van der Waals surface area (Å²) in [6.45, 7) is 1.61. The predicted molar refractivity (Wildman–Crippen MR) is 37.6 cm³/mol. The molecule has 0 fully saturated rings. The molecule has 0 unspecified atom stereocenters. The van der Waals surface area contributed by atoms with Gasteiger partial charge in [0.2, 0.25) is 0 Å². The minimum Gasteiger partial charge on any atom is -0.506 e. The highest BCUT2D eigenvalue weighted by molar-refractivity contribution is 7.83. The van der Waals surface area contributed by atoms with Gasteiger partial charge in [0.05, 0.1) is 0 Å². The molecule has 8 heavy (non-hydrogen) atoms. The van der Waals surface area contributed by atoms with Gasteiger partial charge in [0.1, 0.15) is 5.76 Å². The van der Waals surface area contributed by atoms with Gasteiger partial charge in [-0.15, -0.1) is 0 Å². The molecule has 46 valence electrons. The van der Waals surface area contributed by atoms with Gasteiger partial charge in [0.25, 0.3) is 0 Å². The van der Waals surface area contributed by atoms with E-state index in [4.69, 9.17) is 10.8 Å². The van der Waals surface area contributed by atoms with E-state index in [2.05, 4.69) is 12.6 Å². The molecule has 0 amide bonds. The molecule has 0 aromatic carbocycles. The first-order valence-electron chi connectivity index (χ1n) is 2.14. The van der Waals surface area contributed by atoms with E-state index in [0.717, 1.165) is 0 Å². The summed E-state index contributed by atoms with van der Waals surface area (Å²) in [4.78, 5) is 0. The van der Waals surface area contributed by atoms with Crippen molar-refractivity contribution < 1.29 is 5.11 Å². The Morgan fingerprint density at radius 2 is 2.25 bits per heavy atom. The van der Waals surface area contributed by atoms with Crippen molar-refractivity contribution in [2.45, 2.75) is 6.92 Å². The van der Waals surface area contributed by atoms with Crippen LogP contribution in [0.3, 0.4) is 0 Å². The first-order chi connectivity index (χ1) is 3.68. The Hall–Kier alpha value is -0.570. The van der Waals surface area contributed by atoms with Crippen LogP contribution in [0.1, 0.15) is 6.92 Å². The average molecular weight is 131 g/mol. The van der Waals surface area contributed by atoms with Gasteiger partial charge in [-0.1, -0.05) is 0 Å². The maximum Gasteiger partial charge on any atom is 0.134 e. The molecule has 3 N–H and O–H groups in total. The summed E-state index contributed by atoms with van der Waals surface area (Å²) in [5.74, 6) is 0.0694. The predicted octanol–water partition coefficient (Wildman–Crippen LogP) is 1.18. The van der Waals surface area contributed by atoms with Crippen LogP contribution in [0, 0.1) is 0 Å². The second-order valence-electron chi connectivity index (χ2n) is 1.38. The van der Waals surface area contributed by atoms with Crippen molar-refractivity contribution in [3.8, 4) is 0 Å². The van der Waals surface area contributed by atoms with Crippen LogP contribution < -0.4 is 5.73 Å². The third kappa shape index (κ3) is 2.58. The maximum atomic E-state index is 8.75. The highest BCUT2D eigenvalue weighted by Gasteiger charge is 1.85. The first kappa shape index (κ1) is 7.43. The molecule has 0 aliphatic carbocycles. The standard InChI is InChI=1S/C5H9NOS/c1-4(6)5(7)2-3-8/h2-3,7-8H,6H2,1H3/b3-2+,5-4-. The van der Waals surface area contributed by atoms with Gasteiger partial charge >= 0.3 is 0 Å². The Balaban J connectivity index is 4.00. The van der Waals surface area contributed by atoms with E-state index < -0.39 is 0 Å². The Kier molecular flexibility index (Phi) is 3.19. The summed E-state index contributed by atoms with van der Waals surface area (Å²) < 4.78 is 0.